The molecule has 0 aliphatic heterocycles. The lowest BCUT2D eigenvalue weighted by Gasteiger charge is -2.21. The molecule has 0 aliphatic rings. The summed E-state index contributed by atoms with van der Waals surface area (Å²) in [4.78, 5) is 72.4. The van der Waals surface area contributed by atoms with Crippen LogP contribution in [0.4, 0.5) is 0 Å². The van der Waals surface area contributed by atoms with Crippen LogP contribution in [0.1, 0.15) is 382 Å². The number of aliphatic hydroxyl groups is 1. The number of ether oxygens (including phenoxy) is 4. The second-order valence-corrected chi connectivity index (χ2v) is 30.3. The molecule has 552 valence electrons. The Hall–Kier alpha value is -1.94. The molecule has 0 amide bonds. The van der Waals surface area contributed by atoms with Gasteiger partial charge in [-0.15, -0.1) is 0 Å². The van der Waals surface area contributed by atoms with Crippen LogP contribution in [0.25, 0.3) is 0 Å². The molecule has 0 aliphatic carbocycles. The Morgan fingerprint density at radius 1 is 0.312 bits per heavy atom. The van der Waals surface area contributed by atoms with Crippen molar-refractivity contribution >= 4 is 39.5 Å². The molecule has 93 heavy (non-hydrogen) atoms. The zero-order chi connectivity index (χ0) is 68.6. The first-order valence-electron chi connectivity index (χ1n) is 38.5. The van der Waals surface area contributed by atoms with Crippen LogP contribution >= 0.6 is 15.6 Å². The largest absolute Gasteiger partial charge is 0.472 e. The van der Waals surface area contributed by atoms with Gasteiger partial charge in [0, 0.05) is 25.7 Å². The van der Waals surface area contributed by atoms with Gasteiger partial charge in [0.25, 0.3) is 0 Å². The molecule has 0 aromatic carbocycles. The number of phosphoric ester groups is 2. The molecule has 3 N–H and O–H groups in total. The van der Waals surface area contributed by atoms with Crippen LogP contribution in [0.3, 0.4) is 0 Å². The number of aliphatic hydroxyl groups excluding tert-OH is 1. The zero-order valence-electron chi connectivity index (χ0n) is 60.6. The van der Waals surface area contributed by atoms with Crippen molar-refractivity contribution in [3.63, 3.8) is 0 Å². The summed E-state index contributed by atoms with van der Waals surface area (Å²) in [5.41, 5.74) is 0. The molecule has 6 atom stereocenters. The monoisotopic (exact) mass is 1370 g/mol. The van der Waals surface area contributed by atoms with Gasteiger partial charge < -0.3 is 33.8 Å². The van der Waals surface area contributed by atoms with E-state index >= 15 is 0 Å². The highest BCUT2D eigenvalue weighted by atomic mass is 31.2. The minimum absolute atomic E-state index is 0.104. The highest BCUT2D eigenvalue weighted by molar-refractivity contribution is 7.47. The molecule has 19 heteroatoms. The van der Waals surface area contributed by atoms with Crippen LogP contribution in [-0.4, -0.2) is 96.7 Å². The zero-order valence-corrected chi connectivity index (χ0v) is 62.3. The summed E-state index contributed by atoms with van der Waals surface area (Å²) in [7, 11) is -9.90. The first kappa shape index (κ1) is 91.1. The quantitative estimate of drug-likeness (QED) is 0.0222. The summed E-state index contributed by atoms with van der Waals surface area (Å²) in [6, 6.07) is 0. The second-order valence-electron chi connectivity index (χ2n) is 27.4. The van der Waals surface area contributed by atoms with Crippen molar-refractivity contribution in [2.75, 3.05) is 39.6 Å². The van der Waals surface area contributed by atoms with E-state index in [1.165, 1.54) is 193 Å². The standard InChI is InChI=1S/C74H144O17P2/c1-7-10-12-14-15-16-17-18-19-20-21-22-26-29-34-39-45-51-57-72(77)85-63-70(91-73(78)58-52-46-40-35-30-27-24-23-25-28-33-38-44-49-55-67(6)9-3)65-89-93(82,83)87-61-68(75)60-86-92(80,81)88-64-69(62-84-71(76)56-50-42-13-11-8-2)90-74(79)59-53-47-41-36-31-32-37-43-48-54-66(4)5/h66-70,75H,7-65H2,1-6H3,(H,80,81)(H,82,83)/t67?,68-,69+,70+/m0/s1. The summed E-state index contributed by atoms with van der Waals surface area (Å²) < 4.78 is 68.2. The number of phosphoric acid groups is 2. The van der Waals surface area contributed by atoms with Gasteiger partial charge in [0.1, 0.15) is 19.3 Å². The first-order chi connectivity index (χ1) is 44.9. The maximum absolute atomic E-state index is 13.1. The molecular weight excluding hydrogens is 1220 g/mol. The second kappa shape index (κ2) is 66.0. The molecule has 0 saturated carbocycles. The molecule has 17 nitrogen and oxygen atoms in total. The van der Waals surface area contributed by atoms with E-state index in [-0.39, 0.29) is 25.7 Å². The first-order valence-corrected chi connectivity index (χ1v) is 41.5. The summed E-state index contributed by atoms with van der Waals surface area (Å²) >= 11 is 0. The van der Waals surface area contributed by atoms with Crippen molar-refractivity contribution in [3.05, 3.63) is 0 Å². The van der Waals surface area contributed by atoms with Crippen LogP contribution in [0, 0.1) is 11.8 Å². The van der Waals surface area contributed by atoms with Crippen molar-refractivity contribution in [2.45, 2.75) is 400 Å². The molecule has 0 fully saturated rings. The average molecular weight is 1370 g/mol. The highest BCUT2D eigenvalue weighted by Crippen LogP contribution is 2.45. The molecular formula is C74H144O17P2. The van der Waals surface area contributed by atoms with Crippen molar-refractivity contribution in [1.29, 1.82) is 0 Å². The molecule has 0 saturated heterocycles. The van der Waals surface area contributed by atoms with Gasteiger partial charge in [0.2, 0.25) is 0 Å². The lowest BCUT2D eigenvalue weighted by atomic mass is 9.99. The Morgan fingerprint density at radius 3 is 0.817 bits per heavy atom. The predicted octanol–water partition coefficient (Wildman–Crippen LogP) is 21.6. The van der Waals surface area contributed by atoms with Gasteiger partial charge in [0.15, 0.2) is 12.2 Å². The van der Waals surface area contributed by atoms with E-state index in [2.05, 4.69) is 41.5 Å². The summed E-state index contributed by atoms with van der Waals surface area (Å²) in [6.07, 6.45) is 53.1. The minimum atomic E-state index is -4.95. The van der Waals surface area contributed by atoms with Gasteiger partial charge in [-0.25, -0.2) is 9.13 Å². The van der Waals surface area contributed by atoms with Crippen LogP contribution in [-0.2, 0) is 65.4 Å². The van der Waals surface area contributed by atoms with Gasteiger partial charge in [-0.1, -0.05) is 330 Å². The van der Waals surface area contributed by atoms with E-state index in [9.17, 15) is 43.2 Å². The van der Waals surface area contributed by atoms with Crippen LogP contribution in [0.2, 0.25) is 0 Å². The van der Waals surface area contributed by atoms with E-state index in [4.69, 9.17) is 37.0 Å². The molecule has 0 aromatic rings. The number of hydrogen-bond acceptors (Lipinski definition) is 15. The summed E-state index contributed by atoms with van der Waals surface area (Å²) in [6.45, 7) is 9.52. The minimum Gasteiger partial charge on any atom is -0.462 e. The van der Waals surface area contributed by atoms with E-state index in [1.807, 2.05) is 0 Å². The van der Waals surface area contributed by atoms with Gasteiger partial charge in [0.05, 0.1) is 26.4 Å². The number of unbranched alkanes of at least 4 members (excludes halogenated alkanes) is 42. The van der Waals surface area contributed by atoms with Gasteiger partial charge >= 0.3 is 39.5 Å². The number of esters is 4. The average Bonchev–Trinajstić information content (AvgIpc) is 1.79. The van der Waals surface area contributed by atoms with Crippen molar-refractivity contribution in [2.24, 2.45) is 11.8 Å². The lowest BCUT2D eigenvalue weighted by molar-refractivity contribution is -0.161. The Labute approximate surface area is 568 Å². The van der Waals surface area contributed by atoms with Crippen molar-refractivity contribution < 1.29 is 80.2 Å². The maximum atomic E-state index is 13.1. The number of carbonyl (C=O) groups excluding carboxylic acids is 4. The summed E-state index contributed by atoms with van der Waals surface area (Å²) in [5.74, 6) is -0.548. The molecule has 3 unspecified atom stereocenters. The van der Waals surface area contributed by atoms with E-state index in [0.29, 0.717) is 25.7 Å². The third-order valence-electron chi connectivity index (χ3n) is 17.6. The third-order valence-corrected chi connectivity index (χ3v) is 19.5. The number of rotatable bonds is 73. The smallest absolute Gasteiger partial charge is 0.462 e. The summed E-state index contributed by atoms with van der Waals surface area (Å²) in [5, 5.41) is 10.6. The molecule has 0 bridgehead atoms. The van der Waals surface area contributed by atoms with E-state index < -0.39 is 97.5 Å². The van der Waals surface area contributed by atoms with Gasteiger partial charge in [-0.05, 0) is 37.5 Å². The lowest BCUT2D eigenvalue weighted by Crippen LogP contribution is -2.30. The normalized spacial score (nSPS) is 14.3. The Balaban J connectivity index is 5.15. The van der Waals surface area contributed by atoms with E-state index in [1.54, 1.807) is 0 Å². The van der Waals surface area contributed by atoms with Crippen LogP contribution in [0.5, 0.6) is 0 Å². The topological polar surface area (TPSA) is 237 Å². The fraction of sp³-hybridized carbons (Fsp3) is 0.946. The highest BCUT2D eigenvalue weighted by Gasteiger charge is 2.30. The molecule has 0 heterocycles. The fourth-order valence-corrected chi connectivity index (χ4v) is 12.8. The van der Waals surface area contributed by atoms with Gasteiger partial charge in [-0.3, -0.25) is 37.3 Å². The number of hydrogen-bond donors (Lipinski definition) is 3. The predicted molar refractivity (Wildman–Crippen MR) is 377 cm³/mol. The maximum Gasteiger partial charge on any atom is 0.472 e. The Morgan fingerprint density at radius 2 is 0.548 bits per heavy atom. The Kier molecular flexibility index (Phi) is 64.6. The molecule has 0 aromatic heterocycles. The number of carbonyl (C=O) groups is 4. The van der Waals surface area contributed by atoms with E-state index in [0.717, 1.165) is 108 Å². The molecule has 0 spiro atoms. The third kappa shape index (κ3) is 67.0. The van der Waals surface area contributed by atoms with Crippen molar-refractivity contribution in [1.82, 2.24) is 0 Å². The van der Waals surface area contributed by atoms with Crippen LogP contribution < -0.4 is 0 Å². The van der Waals surface area contributed by atoms with Crippen molar-refractivity contribution in [3.8, 4) is 0 Å². The van der Waals surface area contributed by atoms with Crippen LogP contribution in [0.15, 0.2) is 0 Å². The molecule has 0 rings (SSSR count). The molecule has 0 radical (unpaired) electrons. The Bertz CT molecular complexity index is 1810. The van der Waals surface area contributed by atoms with Gasteiger partial charge in [-0.2, -0.15) is 0 Å². The fourth-order valence-electron chi connectivity index (χ4n) is 11.3. The SMILES string of the molecule is CCCCCCCCCCCCCCCCCCCCC(=O)OC[C@H](COP(=O)(O)OC[C@@H](O)COP(=O)(O)OC[C@@H](COC(=O)CCCCCCC)OC(=O)CCCCCCCCCCCC(C)C)OC(=O)CCCCCCCCCCCCCCCCC(C)CC.